The highest BCUT2D eigenvalue weighted by Gasteiger charge is 2.04. The first-order valence-corrected chi connectivity index (χ1v) is 5.71. The number of benzene rings is 1. The zero-order valence-corrected chi connectivity index (χ0v) is 10.3. The van der Waals surface area contributed by atoms with Crippen LogP contribution in [0.15, 0.2) is 24.3 Å². The Morgan fingerprint density at radius 2 is 1.71 bits per heavy atom. The van der Waals surface area contributed by atoms with Crippen LogP contribution in [-0.4, -0.2) is 41.6 Å². The van der Waals surface area contributed by atoms with Crippen LogP contribution in [0.1, 0.15) is 0 Å². The molecule has 1 aromatic carbocycles. The molecule has 0 atom stereocenters. The number of hydrogen-bond donors (Lipinski definition) is 4. The predicted octanol–water partition coefficient (Wildman–Crippen LogP) is 0.133. The van der Waals surface area contributed by atoms with Crippen molar-refractivity contribution in [2.24, 2.45) is 5.73 Å². The summed E-state index contributed by atoms with van der Waals surface area (Å²) in [7, 11) is 0. The molecule has 94 valence electrons. The van der Waals surface area contributed by atoms with E-state index in [1.165, 1.54) is 0 Å². The van der Waals surface area contributed by atoms with E-state index in [9.17, 15) is 0 Å². The van der Waals surface area contributed by atoms with Gasteiger partial charge in [0.1, 0.15) is 0 Å². The fourth-order valence-corrected chi connectivity index (χ4v) is 1.63. The molecule has 0 saturated heterocycles. The molecule has 0 aromatic heterocycles. The minimum absolute atomic E-state index is 0.0485. The summed E-state index contributed by atoms with van der Waals surface area (Å²) in [4.78, 5) is 1.89. The molecule has 0 fully saturated rings. The summed E-state index contributed by atoms with van der Waals surface area (Å²) in [6, 6.07) is 7.45. The van der Waals surface area contributed by atoms with Crippen molar-refractivity contribution in [2.45, 2.75) is 0 Å². The highest BCUT2D eigenvalue weighted by Crippen LogP contribution is 2.17. The Labute approximate surface area is 106 Å². The van der Waals surface area contributed by atoms with Gasteiger partial charge in [-0.25, -0.2) is 0 Å². The molecule has 0 amide bonds. The van der Waals surface area contributed by atoms with Crippen LogP contribution < -0.4 is 16.0 Å². The van der Waals surface area contributed by atoms with Crippen LogP contribution >= 0.6 is 12.2 Å². The molecule has 0 unspecified atom stereocenters. The summed E-state index contributed by atoms with van der Waals surface area (Å²) in [5.41, 5.74) is 7.11. The fraction of sp³-hybridized carbons (Fsp3) is 0.364. The van der Waals surface area contributed by atoms with E-state index in [0.717, 1.165) is 11.4 Å². The Bertz CT molecular complexity index is 350. The molecule has 1 aromatic rings. The second-order valence-electron chi connectivity index (χ2n) is 3.47. The average Bonchev–Trinajstić information content (AvgIpc) is 2.29. The minimum Gasteiger partial charge on any atom is -0.395 e. The monoisotopic (exact) mass is 255 g/mol. The number of aliphatic hydroxyl groups excluding tert-OH is 2. The van der Waals surface area contributed by atoms with Crippen molar-refractivity contribution in [1.82, 2.24) is 0 Å². The zero-order chi connectivity index (χ0) is 12.7. The van der Waals surface area contributed by atoms with E-state index >= 15 is 0 Å². The largest absolute Gasteiger partial charge is 0.395 e. The van der Waals surface area contributed by atoms with E-state index in [-0.39, 0.29) is 18.3 Å². The lowest BCUT2D eigenvalue weighted by atomic mass is 10.2. The molecule has 17 heavy (non-hydrogen) atoms. The van der Waals surface area contributed by atoms with Crippen LogP contribution in [0.4, 0.5) is 11.4 Å². The van der Waals surface area contributed by atoms with Crippen LogP contribution in [0.2, 0.25) is 0 Å². The summed E-state index contributed by atoms with van der Waals surface area (Å²) in [5, 5.41) is 20.9. The van der Waals surface area contributed by atoms with Gasteiger partial charge in [0, 0.05) is 24.5 Å². The number of nitrogens with two attached hydrogens (primary N) is 1. The summed E-state index contributed by atoms with van der Waals surface area (Å²) < 4.78 is 0. The van der Waals surface area contributed by atoms with Crippen LogP contribution in [0.3, 0.4) is 0 Å². The molecule has 6 heteroatoms. The molecule has 5 nitrogen and oxygen atoms in total. The van der Waals surface area contributed by atoms with E-state index in [1.807, 2.05) is 29.2 Å². The van der Waals surface area contributed by atoms with Gasteiger partial charge in [0.25, 0.3) is 0 Å². The van der Waals surface area contributed by atoms with Crippen LogP contribution in [-0.2, 0) is 0 Å². The highest BCUT2D eigenvalue weighted by atomic mass is 32.1. The number of nitrogens with one attached hydrogen (secondary N) is 1. The maximum absolute atomic E-state index is 8.93. The van der Waals surface area contributed by atoms with Crippen molar-refractivity contribution < 1.29 is 10.2 Å². The lowest BCUT2D eigenvalue weighted by molar-refractivity contribution is 0.281. The first-order chi connectivity index (χ1) is 8.17. The summed E-state index contributed by atoms with van der Waals surface area (Å²) >= 11 is 4.74. The number of hydrogen-bond acceptors (Lipinski definition) is 4. The molecular weight excluding hydrogens is 238 g/mol. The van der Waals surface area contributed by atoms with Gasteiger partial charge in [-0.3, -0.25) is 0 Å². The van der Waals surface area contributed by atoms with E-state index in [1.54, 1.807) is 0 Å². The zero-order valence-electron chi connectivity index (χ0n) is 9.47. The molecule has 1 rings (SSSR count). The normalized spacial score (nSPS) is 10.0. The van der Waals surface area contributed by atoms with Crippen molar-refractivity contribution in [3.8, 4) is 0 Å². The number of rotatable bonds is 6. The third-order valence-electron chi connectivity index (χ3n) is 2.24. The van der Waals surface area contributed by atoms with Gasteiger partial charge < -0.3 is 26.2 Å². The summed E-state index contributed by atoms with van der Waals surface area (Å²) in [6.45, 7) is 1.07. The Hall–Kier alpha value is -1.37. The molecule has 0 aliphatic carbocycles. The van der Waals surface area contributed by atoms with Crippen molar-refractivity contribution in [1.29, 1.82) is 0 Å². The molecule has 0 heterocycles. The second kappa shape index (κ2) is 7.05. The van der Waals surface area contributed by atoms with Gasteiger partial charge in [-0.1, -0.05) is 0 Å². The van der Waals surface area contributed by atoms with Crippen molar-refractivity contribution in [3.63, 3.8) is 0 Å². The smallest absolute Gasteiger partial charge is 0.168 e. The molecule has 0 aliphatic heterocycles. The second-order valence-corrected chi connectivity index (χ2v) is 3.91. The maximum atomic E-state index is 8.93. The standard InChI is InChI=1S/C11H17N3O2S/c12-11(17)13-9-1-3-10(4-2-9)14(5-7-15)6-8-16/h1-4,15-16H,5-8H2,(H3,12,13,17). The third-order valence-corrected chi connectivity index (χ3v) is 2.34. The number of thiocarbonyl (C=S) groups is 1. The molecule has 0 aliphatic rings. The number of aliphatic hydroxyl groups is 2. The minimum atomic E-state index is 0.0485. The van der Waals surface area contributed by atoms with E-state index < -0.39 is 0 Å². The van der Waals surface area contributed by atoms with Gasteiger partial charge in [-0.2, -0.15) is 0 Å². The van der Waals surface area contributed by atoms with Gasteiger partial charge in [0.2, 0.25) is 0 Å². The Kier molecular flexibility index (Phi) is 5.68. The van der Waals surface area contributed by atoms with Gasteiger partial charge in [0.05, 0.1) is 13.2 Å². The van der Waals surface area contributed by atoms with E-state index in [0.29, 0.717) is 13.1 Å². The summed E-state index contributed by atoms with van der Waals surface area (Å²) in [5.74, 6) is 0. The molecule has 0 bridgehead atoms. The molecule has 0 saturated carbocycles. The van der Waals surface area contributed by atoms with E-state index in [4.69, 9.17) is 28.2 Å². The number of anilines is 2. The molecule has 5 N–H and O–H groups in total. The average molecular weight is 255 g/mol. The molecule has 0 spiro atoms. The fourth-order valence-electron chi connectivity index (χ4n) is 1.51. The SMILES string of the molecule is NC(=S)Nc1ccc(N(CCO)CCO)cc1. The molecular formula is C11H17N3O2S. The van der Waals surface area contributed by atoms with Crippen LogP contribution in [0.25, 0.3) is 0 Å². The molecule has 0 radical (unpaired) electrons. The lowest BCUT2D eigenvalue weighted by Crippen LogP contribution is -2.29. The maximum Gasteiger partial charge on any atom is 0.168 e. The van der Waals surface area contributed by atoms with Crippen LogP contribution in [0.5, 0.6) is 0 Å². The lowest BCUT2D eigenvalue weighted by Gasteiger charge is -2.23. The first kappa shape index (κ1) is 13.7. The topological polar surface area (TPSA) is 81.8 Å². The Morgan fingerprint density at radius 3 is 2.12 bits per heavy atom. The Morgan fingerprint density at radius 1 is 1.18 bits per heavy atom. The predicted molar refractivity (Wildman–Crippen MR) is 73.2 cm³/mol. The quantitative estimate of drug-likeness (QED) is 0.541. The van der Waals surface area contributed by atoms with Crippen molar-refractivity contribution in [3.05, 3.63) is 24.3 Å². The number of nitrogens with zero attached hydrogens (tertiary/aromatic N) is 1. The van der Waals surface area contributed by atoms with Gasteiger partial charge in [-0.05, 0) is 36.5 Å². The van der Waals surface area contributed by atoms with Gasteiger partial charge in [0.15, 0.2) is 5.11 Å². The van der Waals surface area contributed by atoms with Crippen molar-refractivity contribution in [2.75, 3.05) is 36.5 Å². The first-order valence-electron chi connectivity index (χ1n) is 5.30. The van der Waals surface area contributed by atoms with Gasteiger partial charge in [-0.15, -0.1) is 0 Å². The van der Waals surface area contributed by atoms with Crippen LogP contribution in [0, 0.1) is 0 Å². The highest BCUT2D eigenvalue weighted by molar-refractivity contribution is 7.80. The van der Waals surface area contributed by atoms with Crippen molar-refractivity contribution >= 4 is 28.7 Å². The van der Waals surface area contributed by atoms with Gasteiger partial charge >= 0.3 is 0 Å². The van der Waals surface area contributed by atoms with E-state index in [2.05, 4.69) is 5.32 Å². The Balaban J connectivity index is 2.72. The summed E-state index contributed by atoms with van der Waals surface area (Å²) in [6.07, 6.45) is 0. The third kappa shape index (κ3) is 4.56.